The summed E-state index contributed by atoms with van der Waals surface area (Å²) >= 11 is 0. The molecule has 0 bridgehead atoms. The zero-order chi connectivity index (χ0) is 12.8. The van der Waals surface area contributed by atoms with E-state index in [0.29, 0.717) is 6.42 Å². The molecular formula is C12H25NO2S. The molecule has 0 spiro atoms. The van der Waals surface area contributed by atoms with Gasteiger partial charge < -0.3 is 5.11 Å². The van der Waals surface area contributed by atoms with Gasteiger partial charge in [0.25, 0.3) is 0 Å². The Hall–Kier alpha value is -0.220. The summed E-state index contributed by atoms with van der Waals surface area (Å²) in [5, 5.41) is 9.36. The third kappa shape index (κ3) is 7.12. The third-order valence-electron chi connectivity index (χ3n) is 2.09. The molecule has 0 aromatic heterocycles. The van der Waals surface area contributed by atoms with Crippen molar-refractivity contribution in [1.82, 2.24) is 0 Å². The molecule has 96 valence electrons. The number of rotatable bonds is 6. The fraction of sp³-hybridized carbons (Fsp3) is 0.917. The number of nitrogens with zero attached hydrogens (tertiary/aromatic N) is 1. The van der Waals surface area contributed by atoms with Crippen molar-refractivity contribution in [3.8, 4) is 0 Å². The summed E-state index contributed by atoms with van der Waals surface area (Å²) in [7, 11) is -1.21. The molecule has 0 radical (unpaired) electrons. The lowest BCUT2D eigenvalue weighted by Crippen LogP contribution is -2.22. The Labute approximate surface area is 102 Å². The average Bonchev–Trinajstić information content (AvgIpc) is 2.11. The maximum absolute atomic E-state index is 11.9. The Bertz CT molecular complexity index is 254. The predicted molar refractivity (Wildman–Crippen MR) is 71.2 cm³/mol. The fourth-order valence-electron chi connectivity index (χ4n) is 1.16. The Balaban J connectivity index is 4.60. The minimum absolute atomic E-state index is 0.323. The van der Waals surface area contributed by atoms with Gasteiger partial charge in [-0.1, -0.05) is 13.3 Å². The maximum Gasteiger partial charge on any atom is 0.144 e. The minimum atomic E-state index is -1.21. The van der Waals surface area contributed by atoms with E-state index in [-0.39, 0.29) is 4.75 Å². The van der Waals surface area contributed by atoms with Crippen molar-refractivity contribution in [3.05, 3.63) is 0 Å². The van der Waals surface area contributed by atoms with Gasteiger partial charge in [0.15, 0.2) is 0 Å². The minimum Gasteiger partial charge on any atom is -0.393 e. The summed E-state index contributed by atoms with van der Waals surface area (Å²) in [5.41, 5.74) is 0.880. The number of aliphatic hydroxyl groups excluding tert-OH is 1. The molecule has 0 aromatic carbocycles. The second kappa shape index (κ2) is 7.17. The van der Waals surface area contributed by atoms with Crippen molar-refractivity contribution in [3.63, 3.8) is 0 Å². The summed E-state index contributed by atoms with van der Waals surface area (Å²) in [5.74, 6) is 0. The van der Waals surface area contributed by atoms with Crippen molar-refractivity contribution in [1.29, 1.82) is 0 Å². The SMILES string of the molecule is CCCC/C(C[C@@H](C)O)=N/[S@](=O)C(C)(C)C. The van der Waals surface area contributed by atoms with E-state index in [1.54, 1.807) is 6.92 Å². The highest BCUT2D eigenvalue weighted by atomic mass is 32.2. The molecule has 0 aliphatic heterocycles. The zero-order valence-electron chi connectivity index (χ0n) is 11.1. The van der Waals surface area contributed by atoms with Crippen molar-refractivity contribution < 1.29 is 9.32 Å². The highest BCUT2D eigenvalue weighted by Crippen LogP contribution is 2.15. The van der Waals surface area contributed by atoms with Gasteiger partial charge >= 0.3 is 0 Å². The molecule has 0 aliphatic carbocycles. The van der Waals surface area contributed by atoms with Gasteiger partial charge in [0, 0.05) is 12.1 Å². The average molecular weight is 247 g/mol. The van der Waals surface area contributed by atoms with Gasteiger partial charge in [0.05, 0.1) is 10.9 Å². The van der Waals surface area contributed by atoms with Crippen molar-refractivity contribution in [2.45, 2.75) is 71.2 Å². The van der Waals surface area contributed by atoms with Crippen molar-refractivity contribution in [2.24, 2.45) is 4.40 Å². The summed E-state index contributed by atoms with van der Waals surface area (Å²) in [6, 6.07) is 0. The van der Waals surface area contributed by atoms with Gasteiger partial charge in [-0.05, 0) is 40.5 Å². The number of hydrogen-bond donors (Lipinski definition) is 1. The molecular weight excluding hydrogens is 222 g/mol. The van der Waals surface area contributed by atoms with Crippen LogP contribution in [0.15, 0.2) is 4.40 Å². The second-order valence-electron chi connectivity index (χ2n) is 5.18. The molecule has 0 amide bonds. The molecule has 0 rings (SSSR count). The van der Waals surface area contributed by atoms with Gasteiger partial charge in [-0.2, -0.15) is 4.40 Å². The molecule has 0 aromatic rings. The smallest absolute Gasteiger partial charge is 0.144 e. The molecule has 0 heterocycles. The highest BCUT2D eigenvalue weighted by Gasteiger charge is 2.19. The van der Waals surface area contributed by atoms with Crippen LogP contribution in [0.5, 0.6) is 0 Å². The molecule has 0 unspecified atom stereocenters. The number of aliphatic hydroxyl groups is 1. The van der Waals surface area contributed by atoms with E-state index in [1.165, 1.54) is 0 Å². The van der Waals surface area contributed by atoms with Gasteiger partial charge in [0.2, 0.25) is 0 Å². The Kier molecular flexibility index (Phi) is 7.07. The molecule has 0 saturated heterocycles. The first-order valence-electron chi connectivity index (χ1n) is 5.93. The third-order valence-corrected chi connectivity index (χ3v) is 3.56. The Morgan fingerprint density at radius 1 is 1.44 bits per heavy atom. The van der Waals surface area contributed by atoms with E-state index >= 15 is 0 Å². The maximum atomic E-state index is 11.9. The molecule has 0 aliphatic rings. The largest absolute Gasteiger partial charge is 0.393 e. The second-order valence-corrected chi connectivity index (χ2v) is 7.08. The van der Waals surface area contributed by atoms with E-state index in [9.17, 15) is 9.32 Å². The van der Waals surface area contributed by atoms with Gasteiger partial charge in [-0.3, -0.25) is 0 Å². The fourth-order valence-corrected chi connectivity index (χ4v) is 1.84. The molecule has 0 saturated carbocycles. The molecule has 16 heavy (non-hydrogen) atoms. The van der Waals surface area contributed by atoms with E-state index in [2.05, 4.69) is 11.3 Å². The zero-order valence-corrected chi connectivity index (χ0v) is 11.9. The van der Waals surface area contributed by atoms with Gasteiger partial charge in [-0.25, -0.2) is 4.21 Å². The number of unbranched alkanes of at least 4 members (excludes halogenated alkanes) is 1. The predicted octanol–water partition coefficient (Wildman–Crippen LogP) is 2.85. The molecule has 0 fully saturated rings. The van der Waals surface area contributed by atoms with Crippen LogP contribution in [0.3, 0.4) is 0 Å². The first kappa shape index (κ1) is 15.8. The van der Waals surface area contributed by atoms with Crippen LogP contribution in [0.25, 0.3) is 0 Å². The lowest BCUT2D eigenvalue weighted by atomic mass is 10.1. The standard InChI is InChI=1S/C12H25NO2S/c1-6-7-8-11(9-10(2)14)13-16(15)12(3,4)5/h10,14H,6-9H2,1-5H3/b13-11-/t10-,16-/m1/s1. The van der Waals surface area contributed by atoms with Gasteiger partial charge in [-0.15, -0.1) is 0 Å². The first-order chi connectivity index (χ1) is 7.27. The molecule has 1 N–H and O–H groups in total. The van der Waals surface area contributed by atoms with Crippen LogP contribution in [-0.4, -0.2) is 25.9 Å². The summed E-state index contributed by atoms with van der Waals surface area (Å²) < 4.78 is 15.8. The van der Waals surface area contributed by atoms with Crippen LogP contribution < -0.4 is 0 Å². The first-order valence-corrected chi connectivity index (χ1v) is 7.04. The van der Waals surface area contributed by atoms with Crippen molar-refractivity contribution in [2.75, 3.05) is 0 Å². The highest BCUT2D eigenvalue weighted by molar-refractivity contribution is 7.85. The molecule has 2 atom stereocenters. The van der Waals surface area contributed by atoms with Crippen LogP contribution in [-0.2, 0) is 11.0 Å². The number of hydrogen-bond acceptors (Lipinski definition) is 2. The Morgan fingerprint density at radius 3 is 2.38 bits per heavy atom. The Morgan fingerprint density at radius 2 is 2.00 bits per heavy atom. The van der Waals surface area contributed by atoms with Crippen LogP contribution in [0.1, 0.15) is 60.3 Å². The van der Waals surface area contributed by atoms with Gasteiger partial charge in [0.1, 0.15) is 11.0 Å². The van der Waals surface area contributed by atoms with Crippen LogP contribution >= 0.6 is 0 Å². The lowest BCUT2D eigenvalue weighted by Gasteiger charge is -2.15. The van der Waals surface area contributed by atoms with E-state index < -0.39 is 17.1 Å². The van der Waals surface area contributed by atoms with Crippen LogP contribution in [0, 0.1) is 0 Å². The van der Waals surface area contributed by atoms with Crippen LogP contribution in [0.4, 0.5) is 0 Å². The topological polar surface area (TPSA) is 49.7 Å². The monoisotopic (exact) mass is 247 g/mol. The molecule has 3 nitrogen and oxygen atoms in total. The molecule has 4 heteroatoms. The quantitative estimate of drug-likeness (QED) is 0.734. The van der Waals surface area contributed by atoms with E-state index in [1.807, 2.05) is 20.8 Å². The summed E-state index contributed by atoms with van der Waals surface area (Å²) in [6.45, 7) is 9.58. The normalized spacial score (nSPS) is 17.2. The van der Waals surface area contributed by atoms with E-state index in [4.69, 9.17) is 0 Å². The van der Waals surface area contributed by atoms with Crippen LogP contribution in [0.2, 0.25) is 0 Å². The summed E-state index contributed by atoms with van der Waals surface area (Å²) in [6.07, 6.45) is 3.08. The van der Waals surface area contributed by atoms with E-state index in [0.717, 1.165) is 25.0 Å². The summed E-state index contributed by atoms with van der Waals surface area (Å²) in [4.78, 5) is 0. The lowest BCUT2D eigenvalue weighted by molar-refractivity contribution is 0.202. The van der Waals surface area contributed by atoms with Crippen molar-refractivity contribution >= 4 is 16.7 Å².